The summed E-state index contributed by atoms with van der Waals surface area (Å²) in [7, 11) is 0. The van der Waals surface area contributed by atoms with Crippen molar-refractivity contribution < 1.29 is 14.0 Å². The van der Waals surface area contributed by atoms with E-state index in [1.807, 2.05) is 36.4 Å². The summed E-state index contributed by atoms with van der Waals surface area (Å²) in [4.78, 5) is 23.7. The zero-order chi connectivity index (χ0) is 13.7. The molecule has 0 spiro atoms. The Morgan fingerprint density at radius 3 is 2.80 bits per heavy atom. The number of amides is 2. The van der Waals surface area contributed by atoms with E-state index in [4.69, 9.17) is 4.42 Å². The molecule has 2 N–H and O–H groups in total. The number of fused-ring (bicyclic) bond motifs is 5. The van der Waals surface area contributed by atoms with E-state index in [0.29, 0.717) is 11.3 Å². The van der Waals surface area contributed by atoms with E-state index in [-0.39, 0.29) is 24.1 Å². The van der Waals surface area contributed by atoms with Gasteiger partial charge in [0.2, 0.25) is 11.7 Å². The number of rotatable bonds is 0. The molecule has 2 aromatic carbocycles. The van der Waals surface area contributed by atoms with Crippen molar-refractivity contribution in [2.24, 2.45) is 0 Å². The van der Waals surface area contributed by atoms with Crippen molar-refractivity contribution in [1.29, 1.82) is 0 Å². The van der Waals surface area contributed by atoms with Gasteiger partial charge in [-0.25, -0.2) is 0 Å². The topological polar surface area (TPSA) is 71.3 Å². The first kappa shape index (κ1) is 11.0. The predicted molar refractivity (Wildman–Crippen MR) is 74.7 cm³/mol. The van der Waals surface area contributed by atoms with E-state index in [1.165, 1.54) is 0 Å². The highest BCUT2D eigenvalue weighted by molar-refractivity contribution is 6.20. The molecule has 2 amide bonds. The number of nitrogens with one attached hydrogen (secondary N) is 2. The van der Waals surface area contributed by atoms with E-state index in [1.54, 1.807) is 0 Å². The first-order valence-electron chi connectivity index (χ1n) is 6.26. The summed E-state index contributed by atoms with van der Waals surface area (Å²) in [5.74, 6) is -0.478. The minimum absolute atomic E-state index is 0.0463. The quantitative estimate of drug-likeness (QED) is 0.655. The fourth-order valence-electron chi connectivity index (χ4n) is 2.57. The van der Waals surface area contributed by atoms with Gasteiger partial charge in [0.25, 0.3) is 5.91 Å². The van der Waals surface area contributed by atoms with Gasteiger partial charge in [-0.05, 0) is 16.8 Å². The SMILES string of the molecule is O=C1CNC(=O)c2oc3ccc4ccccc4c3c2N1. The van der Waals surface area contributed by atoms with Gasteiger partial charge in [-0.3, -0.25) is 9.59 Å². The van der Waals surface area contributed by atoms with E-state index < -0.39 is 0 Å². The highest BCUT2D eigenvalue weighted by atomic mass is 16.3. The molecule has 0 saturated carbocycles. The lowest BCUT2D eigenvalue weighted by molar-refractivity contribution is -0.115. The predicted octanol–water partition coefficient (Wildman–Crippen LogP) is 2.27. The highest BCUT2D eigenvalue weighted by Crippen LogP contribution is 2.37. The van der Waals surface area contributed by atoms with Crippen LogP contribution in [0.3, 0.4) is 0 Å². The summed E-state index contributed by atoms with van der Waals surface area (Å²) in [6, 6.07) is 11.5. The Balaban J connectivity index is 2.16. The van der Waals surface area contributed by atoms with E-state index in [9.17, 15) is 9.59 Å². The van der Waals surface area contributed by atoms with Gasteiger partial charge in [-0.1, -0.05) is 30.3 Å². The first-order chi connectivity index (χ1) is 9.74. The third kappa shape index (κ3) is 1.43. The standard InChI is InChI=1S/C15H10N2O3/c18-11-7-16-15(19)14-13(17-11)12-9-4-2-1-3-8(9)5-6-10(12)20-14/h1-6H,7H2,(H,16,19)(H,17,18). The van der Waals surface area contributed by atoms with Crippen molar-refractivity contribution in [3.8, 4) is 0 Å². The minimum atomic E-state index is -0.376. The molecular weight excluding hydrogens is 256 g/mol. The molecule has 0 unspecified atom stereocenters. The molecule has 1 aliphatic rings. The van der Waals surface area contributed by atoms with Gasteiger partial charge >= 0.3 is 0 Å². The number of anilines is 1. The molecule has 1 aromatic heterocycles. The van der Waals surface area contributed by atoms with Gasteiger partial charge in [0.15, 0.2) is 0 Å². The van der Waals surface area contributed by atoms with Crippen LogP contribution in [0.1, 0.15) is 10.6 Å². The maximum atomic E-state index is 12.0. The second-order valence-corrected chi connectivity index (χ2v) is 4.70. The summed E-state index contributed by atoms with van der Waals surface area (Å²) in [5.41, 5.74) is 1.04. The summed E-state index contributed by atoms with van der Waals surface area (Å²) < 4.78 is 5.61. The molecule has 0 fully saturated rings. The lowest BCUT2D eigenvalue weighted by atomic mass is 10.1. The monoisotopic (exact) mass is 266 g/mol. The molecule has 98 valence electrons. The molecule has 3 aromatic rings. The van der Waals surface area contributed by atoms with Crippen molar-refractivity contribution in [1.82, 2.24) is 5.32 Å². The number of hydrogen-bond acceptors (Lipinski definition) is 3. The molecule has 0 atom stereocenters. The van der Waals surface area contributed by atoms with Gasteiger partial charge in [-0.15, -0.1) is 0 Å². The largest absolute Gasteiger partial charge is 0.449 e. The van der Waals surface area contributed by atoms with Crippen LogP contribution in [0.25, 0.3) is 21.7 Å². The lowest BCUT2D eigenvalue weighted by Gasteiger charge is -2.02. The Hall–Kier alpha value is -2.82. The van der Waals surface area contributed by atoms with Crippen molar-refractivity contribution >= 4 is 39.2 Å². The maximum Gasteiger partial charge on any atom is 0.289 e. The number of benzene rings is 2. The van der Waals surface area contributed by atoms with Crippen molar-refractivity contribution in [2.45, 2.75) is 0 Å². The van der Waals surface area contributed by atoms with Crippen molar-refractivity contribution in [2.75, 3.05) is 11.9 Å². The summed E-state index contributed by atoms with van der Waals surface area (Å²) in [5, 5.41) is 8.01. The number of carbonyl (C=O) groups excluding carboxylic acids is 2. The van der Waals surface area contributed by atoms with Crippen LogP contribution in [0, 0.1) is 0 Å². The Bertz CT molecular complexity index is 879. The van der Waals surface area contributed by atoms with Gasteiger partial charge < -0.3 is 15.1 Å². The molecule has 1 aliphatic heterocycles. The Morgan fingerprint density at radius 2 is 1.90 bits per heavy atom. The van der Waals surface area contributed by atoms with Crippen molar-refractivity contribution in [3.05, 3.63) is 42.2 Å². The second-order valence-electron chi connectivity index (χ2n) is 4.70. The molecule has 0 bridgehead atoms. The summed E-state index contributed by atoms with van der Waals surface area (Å²) in [6.07, 6.45) is 0. The summed E-state index contributed by atoms with van der Waals surface area (Å²) >= 11 is 0. The molecule has 20 heavy (non-hydrogen) atoms. The van der Waals surface area contributed by atoms with E-state index in [0.717, 1.165) is 16.2 Å². The molecular formula is C15H10N2O3. The zero-order valence-electron chi connectivity index (χ0n) is 10.4. The number of hydrogen-bond donors (Lipinski definition) is 2. The van der Waals surface area contributed by atoms with E-state index in [2.05, 4.69) is 10.6 Å². The second kappa shape index (κ2) is 3.84. The third-order valence-corrected chi connectivity index (χ3v) is 3.46. The highest BCUT2D eigenvalue weighted by Gasteiger charge is 2.26. The molecule has 0 saturated heterocycles. The molecule has 4 rings (SSSR count). The smallest absolute Gasteiger partial charge is 0.289 e. The maximum absolute atomic E-state index is 12.0. The van der Waals surface area contributed by atoms with Crippen LogP contribution in [0.4, 0.5) is 5.69 Å². The summed E-state index contributed by atoms with van der Waals surface area (Å²) in [6.45, 7) is -0.0463. The fraction of sp³-hybridized carbons (Fsp3) is 0.0667. The van der Waals surface area contributed by atoms with Gasteiger partial charge in [0.1, 0.15) is 11.3 Å². The zero-order valence-corrected chi connectivity index (χ0v) is 10.4. The molecule has 0 radical (unpaired) electrons. The van der Waals surface area contributed by atoms with Crippen LogP contribution in [0.15, 0.2) is 40.8 Å². The fourth-order valence-corrected chi connectivity index (χ4v) is 2.57. The molecule has 2 heterocycles. The van der Waals surface area contributed by atoms with Crippen molar-refractivity contribution in [3.63, 3.8) is 0 Å². The lowest BCUT2D eigenvalue weighted by Crippen LogP contribution is -2.28. The Kier molecular flexibility index (Phi) is 2.12. The number of carbonyl (C=O) groups is 2. The first-order valence-corrected chi connectivity index (χ1v) is 6.26. The van der Waals surface area contributed by atoms with Crippen LogP contribution in [0.5, 0.6) is 0 Å². The van der Waals surface area contributed by atoms with Crippen LogP contribution < -0.4 is 10.6 Å². The van der Waals surface area contributed by atoms with Gasteiger partial charge in [0.05, 0.1) is 11.9 Å². The minimum Gasteiger partial charge on any atom is -0.449 e. The Morgan fingerprint density at radius 1 is 1.05 bits per heavy atom. The van der Waals surface area contributed by atoms with Crippen LogP contribution in [-0.4, -0.2) is 18.4 Å². The molecule has 5 heteroatoms. The van der Waals surface area contributed by atoms with Crippen LogP contribution in [0.2, 0.25) is 0 Å². The Labute approximate surface area is 113 Å². The third-order valence-electron chi connectivity index (χ3n) is 3.46. The molecule has 5 nitrogen and oxygen atoms in total. The number of furan rings is 1. The van der Waals surface area contributed by atoms with Gasteiger partial charge in [-0.2, -0.15) is 0 Å². The van der Waals surface area contributed by atoms with Gasteiger partial charge in [0, 0.05) is 0 Å². The normalized spacial score (nSPS) is 14.8. The van der Waals surface area contributed by atoms with Crippen LogP contribution in [-0.2, 0) is 4.79 Å². The van der Waals surface area contributed by atoms with E-state index >= 15 is 0 Å². The molecule has 0 aliphatic carbocycles. The average Bonchev–Trinajstić information content (AvgIpc) is 2.77. The van der Waals surface area contributed by atoms with Crippen LogP contribution >= 0.6 is 0 Å². The average molecular weight is 266 g/mol.